The van der Waals surface area contributed by atoms with Crippen molar-refractivity contribution in [1.82, 2.24) is 0 Å². The van der Waals surface area contributed by atoms with Crippen LogP contribution in [0.25, 0.3) is 0 Å². The van der Waals surface area contributed by atoms with E-state index in [1.165, 1.54) is 5.56 Å². The number of hydrogen-bond donors (Lipinski definition) is 0. The lowest BCUT2D eigenvalue weighted by molar-refractivity contribution is 0.199. The summed E-state index contributed by atoms with van der Waals surface area (Å²) in [7, 11) is 0. The highest BCUT2D eigenvalue weighted by atomic mass is 16.5. The normalized spacial score (nSPS) is 10.0. The van der Waals surface area contributed by atoms with Crippen LogP contribution in [0.1, 0.15) is 18.1 Å². The van der Waals surface area contributed by atoms with E-state index in [1.54, 1.807) is 0 Å². The third-order valence-electron chi connectivity index (χ3n) is 1.91. The van der Waals surface area contributed by atoms with Gasteiger partial charge in [-0.15, -0.1) is 0 Å². The summed E-state index contributed by atoms with van der Waals surface area (Å²) in [6, 6.07) is 8.16. The van der Waals surface area contributed by atoms with Gasteiger partial charge >= 0.3 is 0 Å². The molecule has 1 aromatic carbocycles. The molecular formula is C14H16O. The summed E-state index contributed by atoms with van der Waals surface area (Å²) >= 11 is 0. The Balaban J connectivity index is 2.34. The Morgan fingerprint density at radius 1 is 1.27 bits per heavy atom. The van der Waals surface area contributed by atoms with Gasteiger partial charge in [0, 0.05) is 5.56 Å². The highest BCUT2D eigenvalue weighted by molar-refractivity contribution is 5.35. The molecule has 0 N–H and O–H groups in total. The van der Waals surface area contributed by atoms with Crippen molar-refractivity contribution in [3.63, 3.8) is 0 Å². The van der Waals surface area contributed by atoms with Crippen LogP contribution in [0, 0.1) is 18.8 Å². The molecule has 0 bridgehead atoms. The number of hydrogen-bond acceptors (Lipinski definition) is 1. The van der Waals surface area contributed by atoms with Crippen LogP contribution in [-0.2, 0) is 4.74 Å². The number of ether oxygens (including phenoxy) is 1. The zero-order chi connectivity index (χ0) is 10.9. The van der Waals surface area contributed by atoms with Gasteiger partial charge in [-0.3, -0.25) is 0 Å². The zero-order valence-electron chi connectivity index (χ0n) is 9.29. The molecule has 15 heavy (non-hydrogen) atoms. The SMILES string of the molecule is C/C=C\COCC#Cc1ccc(C)cc1. The van der Waals surface area contributed by atoms with E-state index in [0.717, 1.165) is 5.56 Å². The minimum absolute atomic E-state index is 0.484. The molecule has 0 saturated heterocycles. The van der Waals surface area contributed by atoms with Crippen LogP contribution >= 0.6 is 0 Å². The van der Waals surface area contributed by atoms with Gasteiger partial charge in [-0.1, -0.05) is 41.7 Å². The fourth-order valence-corrected chi connectivity index (χ4v) is 1.05. The monoisotopic (exact) mass is 200 g/mol. The van der Waals surface area contributed by atoms with E-state index >= 15 is 0 Å². The van der Waals surface area contributed by atoms with Crippen LogP contribution in [0.2, 0.25) is 0 Å². The standard InChI is InChI=1S/C14H16O/c1-3-4-11-15-12-5-6-14-9-7-13(2)8-10-14/h3-4,7-10H,11-12H2,1-2H3/b4-3-. The molecule has 0 heterocycles. The maximum Gasteiger partial charge on any atom is 0.108 e. The van der Waals surface area contributed by atoms with Crippen molar-refractivity contribution < 1.29 is 4.74 Å². The molecule has 0 fully saturated rings. The minimum Gasteiger partial charge on any atom is -0.365 e. The molecule has 1 rings (SSSR count). The average Bonchev–Trinajstić information content (AvgIpc) is 2.26. The molecule has 1 nitrogen and oxygen atoms in total. The molecule has 1 aromatic rings. The van der Waals surface area contributed by atoms with E-state index in [9.17, 15) is 0 Å². The number of rotatable bonds is 3. The van der Waals surface area contributed by atoms with Gasteiger partial charge in [0.15, 0.2) is 0 Å². The molecule has 0 saturated carbocycles. The van der Waals surface area contributed by atoms with E-state index in [-0.39, 0.29) is 0 Å². The van der Waals surface area contributed by atoms with Crippen LogP contribution in [0.5, 0.6) is 0 Å². The maximum atomic E-state index is 5.26. The van der Waals surface area contributed by atoms with Crippen molar-refractivity contribution in [1.29, 1.82) is 0 Å². The summed E-state index contributed by atoms with van der Waals surface area (Å²) in [6.45, 7) is 5.16. The quantitative estimate of drug-likeness (QED) is 0.414. The number of aryl methyl sites for hydroxylation is 1. The van der Waals surface area contributed by atoms with Gasteiger partial charge in [-0.2, -0.15) is 0 Å². The van der Waals surface area contributed by atoms with Crippen molar-refractivity contribution >= 4 is 0 Å². The van der Waals surface area contributed by atoms with Crippen molar-refractivity contribution in [2.24, 2.45) is 0 Å². The molecule has 0 unspecified atom stereocenters. The summed E-state index contributed by atoms with van der Waals surface area (Å²) in [4.78, 5) is 0. The molecule has 0 aliphatic heterocycles. The van der Waals surface area contributed by atoms with Crippen LogP contribution in [-0.4, -0.2) is 13.2 Å². The van der Waals surface area contributed by atoms with Gasteiger partial charge in [0.25, 0.3) is 0 Å². The van der Waals surface area contributed by atoms with Gasteiger partial charge in [0.1, 0.15) is 6.61 Å². The Morgan fingerprint density at radius 2 is 2.00 bits per heavy atom. The lowest BCUT2D eigenvalue weighted by Crippen LogP contribution is -1.90. The van der Waals surface area contributed by atoms with Crippen LogP contribution < -0.4 is 0 Å². The second-order valence-electron chi connectivity index (χ2n) is 3.25. The highest BCUT2D eigenvalue weighted by Crippen LogP contribution is 2.00. The molecule has 0 radical (unpaired) electrons. The van der Waals surface area contributed by atoms with Crippen LogP contribution in [0.4, 0.5) is 0 Å². The van der Waals surface area contributed by atoms with Crippen molar-refractivity contribution in [3.8, 4) is 11.8 Å². The molecule has 0 aliphatic carbocycles. The predicted octanol–water partition coefficient (Wildman–Crippen LogP) is 2.94. The Labute approximate surface area is 91.8 Å². The van der Waals surface area contributed by atoms with E-state index in [2.05, 4.69) is 30.9 Å². The third-order valence-corrected chi connectivity index (χ3v) is 1.91. The van der Waals surface area contributed by atoms with E-state index in [1.807, 2.05) is 31.2 Å². The lowest BCUT2D eigenvalue weighted by Gasteiger charge is -1.93. The number of allylic oxidation sites excluding steroid dienone is 1. The first-order valence-electron chi connectivity index (χ1n) is 5.07. The second kappa shape index (κ2) is 6.86. The molecule has 0 aliphatic rings. The minimum atomic E-state index is 0.484. The molecule has 1 heteroatoms. The van der Waals surface area contributed by atoms with Crippen molar-refractivity contribution in [2.45, 2.75) is 13.8 Å². The fourth-order valence-electron chi connectivity index (χ4n) is 1.05. The fraction of sp³-hybridized carbons (Fsp3) is 0.286. The summed E-state index contributed by atoms with van der Waals surface area (Å²) in [5.41, 5.74) is 2.29. The molecular weight excluding hydrogens is 184 g/mol. The van der Waals surface area contributed by atoms with Crippen LogP contribution in [0.15, 0.2) is 36.4 Å². The molecule has 0 aromatic heterocycles. The zero-order valence-corrected chi connectivity index (χ0v) is 9.29. The highest BCUT2D eigenvalue weighted by Gasteiger charge is 1.85. The second-order valence-corrected chi connectivity index (χ2v) is 3.25. The molecule has 78 valence electrons. The maximum absolute atomic E-state index is 5.26. The van der Waals surface area contributed by atoms with Gasteiger partial charge in [0.2, 0.25) is 0 Å². The first kappa shape index (κ1) is 11.6. The Kier molecular flexibility index (Phi) is 5.29. The summed E-state index contributed by atoms with van der Waals surface area (Å²) in [5.74, 6) is 6.02. The van der Waals surface area contributed by atoms with Crippen LogP contribution in [0.3, 0.4) is 0 Å². The smallest absolute Gasteiger partial charge is 0.108 e. The number of benzene rings is 1. The van der Waals surface area contributed by atoms with E-state index < -0.39 is 0 Å². The molecule has 0 atom stereocenters. The Hall–Kier alpha value is -1.52. The van der Waals surface area contributed by atoms with E-state index in [4.69, 9.17) is 4.74 Å². The predicted molar refractivity (Wildman–Crippen MR) is 63.7 cm³/mol. The largest absolute Gasteiger partial charge is 0.365 e. The van der Waals surface area contributed by atoms with Gasteiger partial charge in [-0.05, 0) is 26.0 Å². The first-order valence-corrected chi connectivity index (χ1v) is 5.07. The van der Waals surface area contributed by atoms with E-state index in [0.29, 0.717) is 13.2 Å². The van der Waals surface area contributed by atoms with Gasteiger partial charge in [-0.25, -0.2) is 0 Å². The Bertz CT molecular complexity index is 363. The Morgan fingerprint density at radius 3 is 2.67 bits per heavy atom. The first-order chi connectivity index (χ1) is 7.33. The summed E-state index contributed by atoms with van der Waals surface area (Å²) in [5, 5.41) is 0. The molecule has 0 amide bonds. The lowest BCUT2D eigenvalue weighted by atomic mass is 10.2. The van der Waals surface area contributed by atoms with Gasteiger partial charge < -0.3 is 4.74 Å². The average molecular weight is 200 g/mol. The topological polar surface area (TPSA) is 9.23 Å². The molecule has 0 spiro atoms. The summed E-state index contributed by atoms with van der Waals surface area (Å²) in [6.07, 6.45) is 3.93. The van der Waals surface area contributed by atoms with Crippen molar-refractivity contribution in [3.05, 3.63) is 47.5 Å². The van der Waals surface area contributed by atoms with Gasteiger partial charge in [0.05, 0.1) is 6.61 Å². The summed E-state index contributed by atoms with van der Waals surface area (Å²) < 4.78 is 5.26. The third kappa shape index (κ3) is 5.05. The van der Waals surface area contributed by atoms with Crippen molar-refractivity contribution in [2.75, 3.05) is 13.2 Å².